The topological polar surface area (TPSA) is 54.6 Å². The second kappa shape index (κ2) is 5.46. The van der Waals surface area contributed by atoms with Gasteiger partial charge in [0, 0.05) is 16.5 Å². The number of aromatic nitrogens is 1. The smallest absolute Gasteiger partial charge is 0.510 e. The van der Waals surface area contributed by atoms with E-state index in [9.17, 15) is 10.0 Å². The molecule has 4 nitrogen and oxygen atoms in total. The summed E-state index contributed by atoms with van der Waals surface area (Å²) in [5.41, 5.74) is 2.84. The Bertz CT molecular complexity index is 980. The summed E-state index contributed by atoms with van der Waals surface area (Å²) >= 11 is 0. The highest BCUT2D eigenvalue weighted by Gasteiger charge is 2.19. The first kappa shape index (κ1) is 13.9. The Balaban J connectivity index is 2.16. The van der Waals surface area contributed by atoms with E-state index in [0.717, 1.165) is 27.5 Å². The normalized spacial score (nSPS) is 11.0. The van der Waals surface area contributed by atoms with Crippen LogP contribution >= 0.6 is 0 Å². The van der Waals surface area contributed by atoms with Crippen molar-refractivity contribution in [2.24, 2.45) is 0 Å². The van der Waals surface area contributed by atoms with Crippen LogP contribution in [0.1, 0.15) is 0 Å². The molecule has 112 valence electrons. The molecular formula is C18H14BNO3. The van der Waals surface area contributed by atoms with Crippen molar-refractivity contribution in [3.05, 3.63) is 72.8 Å². The molecule has 4 aromatic rings. The summed E-state index contributed by atoms with van der Waals surface area (Å²) in [4.78, 5) is 0. The number of rotatable bonds is 3. The van der Waals surface area contributed by atoms with Crippen molar-refractivity contribution in [3.63, 3.8) is 0 Å². The minimum Gasteiger partial charge on any atom is -0.510 e. The Morgan fingerprint density at radius 3 is 2.22 bits per heavy atom. The van der Waals surface area contributed by atoms with Gasteiger partial charge in [0.05, 0.1) is 11.0 Å². The van der Waals surface area contributed by atoms with Gasteiger partial charge in [-0.1, -0.05) is 48.5 Å². The van der Waals surface area contributed by atoms with Crippen molar-refractivity contribution in [1.29, 1.82) is 0 Å². The molecule has 0 fully saturated rings. The third kappa shape index (κ3) is 2.27. The van der Waals surface area contributed by atoms with Crippen molar-refractivity contribution in [2.45, 2.75) is 0 Å². The van der Waals surface area contributed by atoms with Crippen LogP contribution in [0.4, 0.5) is 0 Å². The number of fused-ring (bicyclic) bond motifs is 3. The molecule has 0 aliphatic heterocycles. The highest BCUT2D eigenvalue weighted by molar-refractivity contribution is 6.34. The fourth-order valence-electron chi connectivity index (χ4n) is 3.04. The Morgan fingerprint density at radius 2 is 1.43 bits per heavy atom. The molecule has 0 aliphatic rings. The average Bonchev–Trinajstić information content (AvgIpc) is 2.91. The van der Waals surface area contributed by atoms with Gasteiger partial charge < -0.3 is 19.3 Å². The van der Waals surface area contributed by atoms with Gasteiger partial charge in [-0.25, -0.2) is 0 Å². The fourth-order valence-corrected chi connectivity index (χ4v) is 3.04. The van der Waals surface area contributed by atoms with Crippen molar-refractivity contribution < 1.29 is 14.7 Å². The zero-order valence-electron chi connectivity index (χ0n) is 12.3. The number of hydrogen-bond donors (Lipinski definition) is 2. The molecule has 0 saturated heterocycles. The second-order valence-electron chi connectivity index (χ2n) is 5.28. The van der Waals surface area contributed by atoms with Crippen LogP contribution in [0.2, 0.25) is 0 Å². The molecule has 0 atom stereocenters. The summed E-state index contributed by atoms with van der Waals surface area (Å²) in [5, 5.41) is 20.5. The molecule has 0 amide bonds. The molecule has 0 spiro atoms. The minimum absolute atomic E-state index is 0.428. The summed E-state index contributed by atoms with van der Waals surface area (Å²) in [6.07, 6.45) is 0. The zero-order valence-corrected chi connectivity index (χ0v) is 12.3. The molecule has 5 heteroatoms. The molecule has 0 saturated carbocycles. The van der Waals surface area contributed by atoms with Crippen LogP contribution in [0, 0.1) is 0 Å². The minimum atomic E-state index is -1.86. The molecule has 23 heavy (non-hydrogen) atoms. The van der Waals surface area contributed by atoms with E-state index in [1.54, 1.807) is 6.07 Å². The van der Waals surface area contributed by atoms with Crippen molar-refractivity contribution in [3.8, 4) is 11.4 Å². The average molecular weight is 303 g/mol. The molecule has 0 aliphatic carbocycles. The van der Waals surface area contributed by atoms with E-state index in [1.807, 2.05) is 60.7 Å². The zero-order chi connectivity index (χ0) is 15.8. The summed E-state index contributed by atoms with van der Waals surface area (Å²) in [7, 11) is -1.86. The summed E-state index contributed by atoms with van der Waals surface area (Å²) in [5.74, 6) is 0.428. The monoisotopic (exact) mass is 303 g/mol. The lowest BCUT2D eigenvalue weighted by molar-refractivity contribution is 0.289. The SMILES string of the molecule is OB(O)Oc1cccc2c3ccccc3n(-c3ccccc3)c12. The van der Waals surface area contributed by atoms with Crippen LogP contribution in [0.15, 0.2) is 72.8 Å². The predicted molar refractivity (Wildman–Crippen MR) is 91.6 cm³/mol. The van der Waals surface area contributed by atoms with Gasteiger partial charge in [0.2, 0.25) is 0 Å². The van der Waals surface area contributed by atoms with E-state index in [-0.39, 0.29) is 0 Å². The summed E-state index contributed by atoms with van der Waals surface area (Å²) in [6, 6.07) is 23.6. The quantitative estimate of drug-likeness (QED) is 0.572. The lowest BCUT2D eigenvalue weighted by atomic mass is 10.1. The van der Waals surface area contributed by atoms with Crippen molar-refractivity contribution in [2.75, 3.05) is 0 Å². The largest absolute Gasteiger partial charge is 0.707 e. The van der Waals surface area contributed by atoms with Crippen LogP contribution < -0.4 is 4.65 Å². The van der Waals surface area contributed by atoms with Crippen LogP contribution in [-0.2, 0) is 0 Å². The standard InChI is InChI=1S/C18H14BNO3/c21-19(22)23-17-12-6-10-15-14-9-4-5-11-16(14)20(18(15)17)13-7-2-1-3-8-13/h1-12,21-22H. The summed E-state index contributed by atoms with van der Waals surface area (Å²) < 4.78 is 7.28. The maximum absolute atomic E-state index is 9.23. The van der Waals surface area contributed by atoms with Gasteiger partial charge in [-0.15, -0.1) is 0 Å². The Labute approximate surface area is 133 Å². The van der Waals surface area contributed by atoms with Crippen LogP contribution in [0.3, 0.4) is 0 Å². The predicted octanol–water partition coefficient (Wildman–Crippen LogP) is 3.13. The van der Waals surface area contributed by atoms with Crippen molar-refractivity contribution in [1.82, 2.24) is 4.57 Å². The number of benzene rings is 3. The van der Waals surface area contributed by atoms with E-state index >= 15 is 0 Å². The van der Waals surface area contributed by atoms with Gasteiger partial charge in [-0.2, -0.15) is 0 Å². The maximum Gasteiger partial charge on any atom is 0.707 e. The van der Waals surface area contributed by atoms with E-state index in [1.165, 1.54) is 0 Å². The first-order chi connectivity index (χ1) is 11.3. The molecule has 4 rings (SSSR count). The fraction of sp³-hybridized carbons (Fsp3) is 0. The highest BCUT2D eigenvalue weighted by atomic mass is 16.6. The summed E-state index contributed by atoms with van der Waals surface area (Å²) in [6.45, 7) is 0. The third-order valence-corrected chi connectivity index (χ3v) is 3.90. The highest BCUT2D eigenvalue weighted by Crippen LogP contribution is 2.37. The number of hydrogen-bond acceptors (Lipinski definition) is 3. The molecule has 0 unspecified atom stereocenters. The van der Waals surface area contributed by atoms with Crippen LogP contribution in [0.5, 0.6) is 5.75 Å². The van der Waals surface area contributed by atoms with Crippen molar-refractivity contribution >= 4 is 29.1 Å². The van der Waals surface area contributed by atoms with Gasteiger partial charge in [0.25, 0.3) is 0 Å². The lowest BCUT2D eigenvalue weighted by Crippen LogP contribution is -2.20. The molecule has 1 aromatic heterocycles. The molecule has 0 radical (unpaired) electrons. The van der Waals surface area contributed by atoms with Crippen LogP contribution in [0.25, 0.3) is 27.5 Å². The van der Waals surface area contributed by atoms with Gasteiger partial charge in [-0.3, -0.25) is 0 Å². The van der Waals surface area contributed by atoms with Crippen LogP contribution in [-0.4, -0.2) is 21.9 Å². The van der Waals surface area contributed by atoms with Gasteiger partial charge in [0.15, 0.2) is 0 Å². The molecule has 3 aromatic carbocycles. The van der Waals surface area contributed by atoms with Gasteiger partial charge >= 0.3 is 7.32 Å². The Hall–Kier alpha value is -2.76. The Kier molecular flexibility index (Phi) is 3.30. The molecule has 1 heterocycles. The number of nitrogens with zero attached hydrogens (tertiary/aromatic N) is 1. The first-order valence-corrected chi connectivity index (χ1v) is 7.36. The van der Waals surface area contributed by atoms with Gasteiger partial charge in [0.1, 0.15) is 5.75 Å². The lowest BCUT2D eigenvalue weighted by Gasteiger charge is -2.11. The van der Waals surface area contributed by atoms with E-state index in [2.05, 4.69) is 10.6 Å². The van der Waals surface area contributed by atoms with E-state index in [0.29, 0.717) is 5.75 Å². The molecular weight excluding hydrogens is 289 g/mol. The second-order valence-corrected chi connectivity index (χ2v) is 5.28. The third-order valence-electron chi connectivity index (χ3n) is 3.90. The number of para-hydroxylation sites is 3. The maximum atomic E-state index is 9.23. The molecule has 2 N–H and O–H groups in total. The molecule has 0 bridgehead atoms. The van der Waals surface area contributed by atoms with E-state index < -0.39 is 7.32 Å². The van der Waals surface area contributed by atoms with E-state index in [4.69, 9.17) is 4.65 Å². The Morgan fingerprint density at radius 1 is 0.739 bits per heavy atom. The first-order valence-electron chi connectivity index (χ1n) is 7.36. The van der Waals surface area contributed by atoms with Gasteiger partial charge in [-0.05, 0) is 24.3 Å².